The van der Waals surface area contributed by atoms with Gasteiger partial charge in [0.15, 0.2) is 5.78 Å². The molecule has 2 aromatic rings. The number of hydrogen-bond donors (Lipinski definition) is 1. The van der Waals surface area contributed by atoms with Crippen LogP contribution in [0.1, 0.15) is 22.8 Å². The molecule has 0 unspecified atom stereocenters. The maximum absolute atomic E-state index is 12.5. The van der Waals surface area contributed by atoms with Crippen LogP contribution in [0.2, 0.25) is 0 Å². The molecule has 1 N–H and O–H groups in total. The van der Waals surface area contributed by atoms with Crippen molar-refractivity contribution in [1.82, 2.24) is 0 Å². The molecule has 2 aromatic carbocycles. The van der Waals surface area contributed by atoms with Crippen LogP contribution in [0.25, 0.3) is 0 Å². The van der Waals surface area contributed by atoms with Crippen LogP contribution in [0, 0.1) is 0 Å². The lowest BCUT2D eigenvalue weighted by molar-refractivity contribution is -0.165. The van der Waals surface area contributed by atoms with Crippen LogP contribution in [-0.2, 0) is 4.79 Å². The summed E-state index contributed by atoms with van der Waals surface area (Å²) in [5.41, 5.74) is 1.08. The molecule has 0 aromatic heterocycles. The van der Waals surface area contributed by atoms with Gasteiger partial charge in [-0.25, -0.2) is 0 Å². The molecule has 0 aliphatic rings. The zero-order chi connectivity index (χ0) is 17.7. The third-order valence-electron chi connectivity index (χ3n) is 3.17. The molecule has 24 heavy (non-hydrogen) atoms. The van der Waals surface area contributed by atoms with Gasteiger partial charge in [0.1, 0.15) is 0 Å². The molecule has 6 heteroatoms. The zero-order valence-electron chi connectivity index (χ0n) is 12.7. The van der Waals surface area contributed by atoms with Crippen molar-refractivity contribution in [3.05, 3.63) is 77.5 Å². The van der Waals surface area contributed by atoms with E-state index in [2.05, 4.69) is 5.32 Å². The van der Waals surface area contributed by atoms with E-state index >= 15 is 0 Å². The summed E-state index contributed by atoms with van der Waals surface area (Å²) in [6.45, 7) is 1.33. The summed E-state index contributed by atoms with van der Waals surface area (Å²) in [6.07, 6.45) is -4.47. The van der Waals surface area contributed by atoms with Crippen molar-refractivity contribution in [2.75, 3.05) is 5.32 Å². The molecule has 0 atom stereocenters. The monoisotopic (exact) mass is 333 g/mol. The van der Waals surface area contributed by atoms with Gasteiger partial charge in [-0.3, -0.25) is 9.59 Å². The van der Waals surface area contributed by atoms with Crippen LogP contribution in [0.4, 0.5) is 18.9 Å². The van der Waals surface area contributed by atoms with Gasteiger partial charge in [0.05, 0.1) is 0 Å². The molecule has 0 aliphatic heterocycles. The number of benzene rings is 2. The van der Waals surface area contributed by atoms with Gasteiger partial charge in [-0.2, -0.15) is 13.2 Å². The molecular formula is C18H14F3NO2. The van der Waals surface area contributed by atoms with E-state index < -0.39 is 12.0 Å². The van der Waals surface area contributed by atoms with E-state index in [9.17, 15) is 22.8 Å². The van der Waals surface area contributed by atoms with Crippen LogP contribution < -0.4 is 5.32 Å². The predicted octanol–water partition coefficient (Wildman–Crippen LogP) is 4.36. The van der Waals surface area contributed by atoms with Crippen LogP contribution in [0.15, 0.2) is 66.4 Å². The molecule has 3 nitrogen and oxygen atoms in total. The summed E-state index contributed by atoms with van der Waals surface area (Å²) < 4.78 is 36.9. The second kappa shape index (κ2) is 7.12. The van der Waals surface area contributed by atoms with Gasteiger partial charge >= 0.3 is 6.18 Å². The standard InChI is InChI=1S/C18H14F3NO2/c1-12(11-16(23)18(19,20)21)22-15-10-6-5-9-14(15)17(24)13-7-3-2-4-8-13/h2-11,22H,1H3/b12-11-. The molecule has 0 aliphatic carbocycles. The highest BCUT2D eigenvalue weighted by molar-refractivity contribution is 6.12. The van der Waals surface area contributed by atoms with E-state index in [1.54, 1.807) is 54.6 Å². The number of nitrogens with one attached hydrogen (secondary N) is 1. The lowest BCUT2D eigenvalue weighted by atomic mass is 10.0. The molecule has 0 spiro atoms. The summed E-state index contributed by atoms with van der Waals surface area (Å²) in [5.74, 6) is -2.23. The van der Waals surface area contributed by atoms with Gasteiger partial charge in [-0.15, -0.1) is 0 Å². The molecular weight excluding hydrogens is 319 g/mol. The van der Waals surface area contributed by atoms with E-state index in [0.29, 0.717) is 22.9 Å². The fourth-order valence-electron chi connectivity index (χ4n) is 2.06. The molecule has 0 bridgehead atoms. The number of carbonyl (C=O) groups is 2. The first-order valence-electron chi connectivity index (χ1n) is 7.04. The molecule has 124 valence electrons. The lowest BCUT2D eigenvalue weighted by Crippen LogP contribution is -2.21. The Kier molecular flexibility index (Phi) is 5.18. The summed E-state index contributed by atoms with van der Waals surface area (Å²) in [4.78, 5) is 23.5. The molecule has 0 radical (unpaired) electrons. The molecule has 0 heterocycles. The Hall–Kier alpha value is -2.89. The summed E-state index contributed by atoms with van der Waals surface area (Å²) >= 11 is 0. The highest BCUT2D eigenvalue weighted by Gasteiger charge is 2.36. The second-order valence-corrected chi connectivity index (χ2v) is 5.06. The number of halogens is 3. The van der Waals surface area contributed by atoms with Gasteiger partial charge in [-0.1, -0.05) is 42.5 Å². The Morgan fingerprint density at radius 1 is 0.958 bits per heavy atom. The third-order valence-corrected chi connectivity index (χ3v) is 3.17. The van der Waals surface area contributed by atoms with E-state index in [-0.39, 0.29) is 11.5 Å². The average molecular weight is 333 g/mol. The maximum atomic E-state index is 12.5. The van der Waals surface area contributed by atoms with E-state index in [0.717, 1.165) is 0 Å². The molecule has 0 saturated carbocycles. The lowest BCUT2D eigenvalue weighted by Gasteiger charge is -2.12. The fraction of sp³-hybridized carbons (Fsp3) is 0.111. The zero-order valence-corrected chi connectivity index (χ0v) is 12.7. The van der Waals surface area contributed by atoms with Gasteiger partial charge in [-0.05, 0) is 19.1 Å². The van der Waals surface area contributed by atoms with Crippen molar-refractivity contribution in [3.8, 4) is 0 Å². The Bertz CT molecular complexity index is 780. The first-order chi connectivity index (χ1) is 11.3. The van der Waals surface area contributed by atoms with Crippen LogP contribution >= 0.6 is 0 Å². The van der Waals surface area contributed by atoms with Crippen molar-refractivity contribution in [2.45, 2.75) is 13.1 Å². The Labute approximate surface area is 136 Å². The van der Waals surface area contributed by atoms with Gasteiger partial charge in [0.25, 0.3) is 5.78 Å². The number of rotatable bonds is 5. The average Bonchev–Trinajstić information content (AvgIpc) is 2.54. The fourth-order valence-corrected chi connectivity index (χ4v) is 2.06. The minimum absolute atomic E-state index is 0.00867. The number of para-hydroxylation sites is 1. The summed E-state index contributed by atoms with van der Waals surface area (Å²) in [6, 6.07) is 14.9. The van der Waals surface area contributed by atoms with Gasteiger partial charge in [0, 0.05) is 28.6 Å². The topological polar surface area (TPSA) is 46.2 Å². The number of alkyl halides is 3. The quantitative estimate of drug-likeness (QED) is 0.653. The Morgan fingerprint density at radius 2 is 1.54 bits per heavy atom. The van der Waals surface area contributed by atoms with Crippen molar-refractivity contribution in [1.29, 1.82) is 0 Å². The first kappa shape index (κ1) is 17.5. The molecule has 2 rings (SSSR count). The predicted molar refractivity (Wildman–Crippen MR) is 84.8 cm³/mol. The van der Waals surface area contributed by atoms with Crippen molar-refractivity contribution in [3.63, 3.8) is 0 Å². The maximum Gasteiger partial charge on any atom is 0.454 e. The number of allylic oxidation sites excluding steroid dienone is 2. The molecule has 0 amide bonds. The molecule has 0 fully saturated rings. The normalized spacial score (nSPS) is 11.9. The minimum Gasteiger partial charge on any atom is -0.358 e. The molecule has 0 saturated heterocycles. The summed E-state index contributed by atoms with van der Waals surface area (Å²) in [5, 5.41) is 2.68. The number of hydrogen-bond acceptors (Lipinski definition) is 3. The van der Waals surface area contributed by atoms with Crippen LogP contribution in [0.3, 0.4) is 0 Å². The highest BCUT2D eigenvalue weighted by atomic mass is 19.4. The number of carbonyl (C=O) groups excluding carboxylic acids is 2. The van der Waals surface area contributed by atoms with E-state index in [4.69, 9.17) is 0 Å². The first-order valence-corrected chi connectivity index (χ1v) is 7.04. The van der Waals surface area contributed by atoms with Gasteiger partial charge < -0.3 is 5.32 Å². The Balaban J connectivity index is 2.28. The van der Waals surface area contributed by atoms with Gasteiger partial charge in [0.2, 0.25) is 0 Å². The van der Waals surface area contributed by atoms with Crippen LogP contribution in [-0.4, -0.2) is 17.7 Å². The van der Waals surface area contributed by atoms with Crippen molar-refractivity contribution in [2.24, 2.45) is 0 Å². The number of anilines is 1. The largest absolute Gasteiger partial charge is 0.454 e. The highest BCUT2D eigenvalue weighted by Crippen LogP contribution is 2.22. The summed E-state index contributed by atoms with van der Waals surface area (Å²) in [7, 11) is 0. The minimum atomic E-state index is -4.93. The third kappa shape index (κ3) is 4.32. The van der Waals surface area contributed by atoms with E-state index in [1.807, 2.05) is 0 Å². The van der Waals surface area contributed by atoms with E-state index in [1.165, 1.54) is 6.92 Å². The van der Waals surface area contributed by atoms with Crippen LogP contribution in [0.5, 0.6) is 0 Å². The second-order valence-electron chi connectivity index (χ2n) is 5.06. The van der Waals surface area contributed by atoms with Crippen molar-refractivity contribution < 1.29 is 22.8 Å². The Morgan fingerprint density at radius 3 is 2.17 bits per heavy atom. The smallest absolute Gasteiger partial charge is 0.358 e. The SMILES string of the molecule is C/C(=C/C(=O)C(F)(F)F)Nc1ccccc1C(=O)c1ccccc1. The van der Waals surface area contributed by atoms with Crippen molar-refractivity contribution >= 4 is 17.3 Å². The number of ketones is 2.